The molecule has 6 heteroatoms. The standard InChI is InChI=1S/C31H26N4OS/c1-31(25-6-4-14-33-19-25)27-7-3-2-5-24(27)18-28(31)29(36)35-30-34-26(20-37-30)17-21-8-10-22(11-9-21)23-12-15-32-16-13-23/h2-16,19-20,28H,17-18H2,1H3,(H,34,35,36)/t28-,31+/m1/s1. The zero-order valence-corrected chi connectivity index (χ0v) is 21.3. The molecule has 5 nitrogen and oxygen atoms in total. The number of anilines is 1. The molecule has 0 radical (unpaired) electrons. The Hall–Kier alpha value is -4.16. The van der Waals surface area contributed by atoms with Crippen LogP contribution in [-0.2, 0) is 23.1 Å². The Balaban J connectivity index is 1.18. The van der Waals surface area contributed by atoms with Crippen LogP contribution in [0.15, 0.2) is 103 Å². The van der Waals surface area contributed by atoms with Gasteiger partial charge in [-0.1, -0.05) is 61.5 Å². The van der Waals surface area contributed by atoms with Gasteiger partial charge in [-0.2, -0.15) is 0 Å². The number of pyridine rings is 2. The zero-order chi connectivity index (χ0) is 25.2. The van der Waals surface area contributed by atoms with Gasteiger partial charge in [-0.15, -0.1) is 11.3 Å². The zero-order valence-electron chi connectivity index (χ0n) is 20.5. The van der Waals surface area contributed by atoms with E-state index >= 15 is 0 Å². The lowest BCUT2D eigenvalue weighted by atomic mass is 9.71. The molecule has 6 rings (SSSR count). The quantitative estimate of drug-likeness (QED) is 0.296. The molecule has 37 heavy (non-hydrogen) atoms. The first-order valence-electron chi connectivity index (χ1n) is 12.3. The van der Waals surface area contributed by atoms with Crippen molar-refractivity contribution in [2.45, 2.75) is 25.2 Å². The summed E-state index contributed by atoms with van der Waals surface area (Å²) in [4.78, 5) is 26.8. The fourth-order valence-electron chi connectivity index (χ4n) is 5.40. The van der Waals surface area contributed by atoms with E-state index in [9.17, 15) is 4.79 Å². The van der Waals surface area contributed by atoms with Crippen molar-refractivity contribution < 1.29 is 4.79 Å². The van der Waals surface area contributed by atoms with E-state index < -0.39 is 5.41 Å². The van der Waals surface area contributed by atoms with Gasteiger partial charge in [-0.05, 0) is 58.0 Å². The van der Waals surface area contributed by atoms with E-state index in [-0.39, 0.29) is 11.8 Å². The van der Waals surface area contributed by atoms with Gasteiger partial charge in [-0.25, -0.2) is 4.98 Å². The average Bonchev–Trinajstić information content (AvgIpc) is 3.52. The maximum absolute atomic E-state index is 13.6. The lowest BCUT2D eigenvalue weighted by molar-refractivity contribution is -0.121. The van der Waals surface area contributed by atoms with Gasteiger partial charge in [-0.3, -0.25) is 14.8 Å². The maximum Gasteiger partial charge on any atom is 0.230 e. The largest absolute Gasteiger partial charge is 0.302 e. The smallest absolute Gasteiger partial charge is 0.230 e. The van der Waals surface area contributed by atoms with E-state index in [2.05, 4.69) is 64.7 Å². The third-order valence-corrected chi connectivity index (χ3v) is 8.22. The Morgan fingerprint density at radius 3 is 2.51 bits per heavy atom. The van der Waals surface area contributed by atoms with Crippen molar-refractivity contribution in [1.82, 2.24) is 15.0 Å². The number of nitrogens with one attached hydrogen (secondary N) is 1. The van der Waals surface area contributed by atoms with Gasteiger partial charge in [0.1, 0.15) is 0 Å². The summed E-state index contributed by atoms with van der Waals surface area (Å²) in [7, 11) is 0. The van der Waals surface area contributed by atoms with Crippen LogP contribution in [-0.4, -0.2) is 20.9 Å². The van der Waals surface area contributed by atoms with Crippen LogP contribution in [0.1, 0.15) is 34.9 Å². The molecule has 5 aromatic rings. The first-order chi connectivity index (χ1) is 18.1. The van der Waals surface area contributed by atoms with Crippen LogP contribution in [0.2, 0.25) is 0 Å². The molecule has 3 aromatic heterocycles. The van der Waals surface area contributed by atoms with E-state index in [1.54, 1.807) is 18.6 Å². The second-order valence-electron chi connectivity index (χ2n) is 9.60. The number of aromatic nitrogens is 3. The molecule has 1 aliphatic carbocycles. The summed E-state index contributed by atoms with van der Waals surface area (Å²) in [6.45, 7) is 2.16. The SMILES string of the molecule is C[C@]1(c2cccnc2)c2ccccc2C[C@@H]1C(=O)Nc1nc(Cc2ccc(-c3ccncc3)cc2)cs1. The highest BCUT2D eigenvalue weighted by Crippen LogP contribution is 2.48. The maximum atomic E-state index is 13.6. The molecule has 1 aliphatic rings. The van der Waals surface area contributed by atoms with Gasteiger partial charge in [0.25, 0.3) is 0 Å². The molecule has 0 fully saturated rings. The first kappa shape index (κ1) is 23.3. The molecule has 1 amide bonds. The molecule has 0 saturated carbocycles. The summed E-state index contributed by atoms with van der Waals surface area (Å²) < 4.78 is 0. The molecule has 0 unspecified atom stereocenters. The van der Waals surface area contributed by atoms with Crippen molar-refractivity contribution >= 4 is 22.4 Å². The van der Waals surface area contributed by atoms with Crippen LogP contribution in [0.5, 0.6) is 0 Å². The molecule has 1 N–H and O–H groups in total. The lowest BCUT2D eigenvalue weighted by Gasteiger charge is -2.32. The van der Waals surface area contributed by atoms with Crippen molar-refractivity contribution in [2.75, 3.05) is 5.32 Å². The normalized spacial score (nSPS) is 18.4. The number of hydrogen-bond acceptors (Lipinski definition) is 5. The molecular weight excluding hydrogens is 476 g/mol. The summed E-state index contributed by atoms with van der Waals surface area (Å²) in [5.74, 6) is -0.257. The van der Waals surface area contributed by atoms with Gasteiger partial charge in [0.05, 0.1) is 11.6 Å². The summed E-state index contributed by atoms with van der Waals surface area (Å²) >= 11 is 1.47. The summed E-state index contributed by atoms with van der Waals surface area (Å²) in [6, 6.07) is 24.9. The lowest BCUT2D eigenvalue weighted by Crippen LogP contribution is -2.38. The Bertz CT molecular complexity index is 1530. The van der Waals surface area contributed by atoms with Crippen LogP contribution >= 0.6 is 11.3 Å². The average molecular weight is 503 g/mol. The molecule has 3 heterocycles. The number of rotatable bonds is 6. The monoisotopic (exact) mass is 502 g/mol. The number of amides is 1. The van der Waals surface area contributed by atoms with E-state index in [0.29, 0.717) is 18.0 Å². The fourth-order valence-corrected chi connectivity index (χ4v) is 6.12. The Morgan fingerprint density at radius 2 is 1.73 bits per heavy atom. The molecule has 182 valence electrons. The van der Waals surface area contributed by atoms with Crippen molar-refractivity contribution in [3.8, 4) is 11.1 Å². The minimum absolute atomic E-state index is 0.00911. The molecule has 2 aromatic carbocycles. The van der Waals surface area contributed by atoms with E-state index in [0.717, 1.165) is 22.4 Å². The predicted octanol–water partition coefficient (Wildman–Crippen LogP) is 6.31. The number of nitrogens with zero attached hydrogens (tertiary/aromatic N) is 3. The molecule has 2 atom stereocenters. The predicted molar refractivity (Wildman–Crippen MR) is 148 cm³/mol. The van der Waals surface area contributed by atoms with Crippen molar-refractivity contribution in [2.24, 2.45) is 5.92 Å². The van der Waals surface area contributed by atoms with Gasteiger partial charge in [0.2, 0.25) is 5.91 Å². The van der Waals surface area contributed by atoms with Crippen molar-refractivity contribution in [3.05, 3.63) is 131 Å². The number of carbonyl (C=O) groups is 1. The van der Waals surface area contributed by atoms with Crippen LogP contribution in [0.4, 0.5) is 5.13 Å². The first-order valence-corrected chi connectivity index (χ1v) is 13.2. The Labute approximate surface area is 220 Å². The number of carbonyl (C=O) groups excluding carboxylic acids is 1. The minimum atomic E-state index is -0.453. The van der Waals surface area contributed by atoms with E-state index in [1.807, 2.05) is 41.9 Å². The molecule has 0 bridgehead atoms. The molecule has 0 aliphatic heterocycles. The molecule has 0 spiro atoms. The van der Waals surface area contributed by atoms with Crippen LogP contribution in [0.3, 0.4) is 0 Å². The van der Waals surface area contributed by atoms with Crippen LogP contribution in [0.25, 0.3) is 11.1 Å². The van der Waals surface area contributed by atoms with Crippen molar-refractivity contribution in [3.63, 3.8) is 0 Å². The fraction of sp³-hybridized carbons (Fsp3) is 0.161. The van der Waals surface area contributed by atoms with Gasteiger partial charge in [0.15, 0.2) is 5.13 Å². The van der Waals surface area contributed by atoms with Gasteiger partial charge < -0.3 is 5.32 Å². The second kappa shape index (κ2) is 9.71. The summed E-state index contributed by atoms with van der Waals surface area (Å²) in [5.41, 5.74) is 7.43. The third-order valence-electron chi connectivity index (χ3n) is 7.41. The second-order valence-corrected chi connectivity index (χ2v) is 10.5. The highest BCUT2D eigenvalue weighted by atomic mass is 32.1. The minimum Gasteiger partial charge on any atom is -0.302 e. The van der Waals surface area contributed by atoms with Crippen molar-refractivity contribution in [1.29, 1.82) is 0 Å². The van der Waals surface area contributed by atoms with E-state index in [1.165, 1.54) is 28.0 Å². The van der Waals surface area contributed by atoms with Crippen LogP contribution in [0, 0.1) is 5.92 Å². The van der Waals surface area contributed by atoms with Gasteiger partial charge in [0, 0.05) is 42.0 Å². The topological polar surface area (TPSA) is 67.8 Å². The molecular formula is C31H26N4OS. The summed E-state index contributed by atoms with van der Waals surface area (Å²) in [6.07, 6.45) is 8.66. The summed E-state index contributed by atoms with van der Waals surface area (Å²) in [5, 5.41) is 5.78. The highest BCUT2D eigenvalue weighted by molar-refractivity contribution is 7.13. The van der Waals surface area contributed by atoms with Crippen LogP contribution < -0.4 is 5.32 Å². The number of hydrogen-bond donors (Lipinski definition) is 1. The van der Waals surface area contributed by atoms with E-state index in [4.69, 9.17) is 4.98 Å². The highest BCUT2D eigenvalue weighted by Gasteiger charge is 2.48. The number of thiazole rings is 1. The third kappa shape index (κ3) is 4.45. The number of fused-ring (bicyclic) bond motifs is 1. The molecule has 0 saturated heterocycles. The Morgan fingerprint density at radius 1 is 0.946 bits per heavy atom. The Kier molecular flexibility index (Phi) is 6.10. The number of benzene rings is 2. The van der Waals surface area contributed by atoms with Gasteiger partial charge >= 0.3 is 0 Å².